The highest BCUT2D eigenvalue weighted by Gasteiger charge is 2.59. The van der Waals surface area contributed by atoms with Gasteiger partial charge in [-0.1, -0.05) is 29.3 Å². The number of fused-ring (bicyclic) bond motifs is 1. The number of imide groups is 1. The maximum Gasteiger partial charge on any atom is 0.359 e. The maximum atomic E-state index is 14.5. The highest BCUT2D eigenvalue weighted by molar-refractivity contribution is 6.54. The van der Waals surface area contributed by atoms with Crippen LogP contribution in [0.5, 0.6) is 5.75 Å². The number of rotatable bonds is 8. The van der Waals surface area contributed by atoms with Crippen molar-refractivity contribution >= 4 is 52.3 Å². The minimum absolute atomic E-state index is 0.0582. The number of carbonyl (C=O) groups excluding carboxylic acids is 4. The number of benzene rings is 3. The molecule has 0 spiro atoms. The van der Waals surface area contributed by atoms with E-state index in [-0.39, 0.29) is 23.6 Å². The number of amides is 2. The summed E-state index contributed by atoms with van der Waals surface area (Å²) < 4.78 is 12.0. The number of methoxy groups -OCH3 is 1. The van der Waals surface area contributed by atoms with Gasteiger partial charge in [-0.2, -0.15) is 10.2 Å². The van der Waals surface area contributed by atoms with Crippen LogP contribution >= 0.6 is 11.6 Å². The first-order valence-corrected chi connectivity index (χ1v) is 14.6. The number of esters is 1. The third-order valence-electron chi connectivity index (χ3n) is 7.79. The fourth-order valence-corrected chi connectivity index (χ4v) is 5.70. The van der Waals surface area contributed by atoms with E-state index in [0.717, 1.165) is 10.5 Å². The molecular weight excluding hydrogens is 598 g/mol. The summed E-state index contributed by atoms with van der Waals surface area (Å²) in [6.07, 6.45) is 0. The van der Waals surface area contributed by atoms with Gasteiger partial charge in [0.1, 0.15) is 23.4 Å². The molecule has 2 aliphatic rings. The topological polar surface area (TPSA) is 123 Å². The first kappa shape index (κ1) is 29.8. The zero-order valence-electron chi connectivity index (χ0n) is 24.9. The van der Waals surface area contributed by atoms with E-state index >= 15 is 0 Å². The van der Waals surface area contributed by atoms with Crippen LogP contribution in [0.2, 0.25) is 5.02 Å². The van der Waals surface area contributed by atoms with Crippen molar-refractivity contribution in [3.05, 3.63) is 100 Å². The van der Waals surface area contributed by atoms with E-state index in [4.69, 9.17) is 21.1 Å². The SMILES string of the molecule is CCOC(=O)c1nn(-c2ccc(C)cc2)c(C)c1C(=O)C1=NN(c2ccc(Cl)cc2)[C@@H]2C(=O)N(c3ccc(OC)cc3)C(=O)[C@H]12. The lowest BCUT2D eigenvalue weighted by Crippen LogP contribution is -2.39. The van der Waals surface area contributed by atoms with Crippen LogP contribution in [0.25, 0.3) is 5.69 Å². The third kappa shape index (κ3) is 5.04. The van der Waals surface area contributed by atoms with Crippen LogP contribution in [0, 0.1) is 19.8 Å². The van der Waals surface area contributed by atoms with E-state index in [2.05, 4.69) is 10.2 Å². The van der Waals surface area contributed by atoms with Gasteiger partial charge in [0.05, 0.1) is 42.0 Å². The molecule has 0 N–H and O–H groups in total. The number of halogens is 1. The van der Waals surface area contributed by atoms with E-state index in [1.54, 1.807) is 62.4 Å². The first-order valence-electron chi connectivity index (χ1n) is 14.2. The highest BCUT2D eigenvalue weighted by Crippen LogP contribution is 2.39. The predicted molar refractivity (Wildman–Crippen MR) is 167 cm³/mol. The molecule has 1 saturated heterocycles. The fraction of sp³-hybridized carbons (Fsp3) is 0.212. The predicted octanol–water partition coefficient (Wildman–Crippen LogP) is 4.94. The standard InChI is InChI=1S/C33H28ClN5O6/c1-5-45-33(43)28-25(19(3)38(36-28)22-10-6-18(2)7-11-22)30(40)27-26-29(39(35-27)23-12-8-20(34)9-13-23)32(42)37(31(26)41)21-14-16-24(44-4)17-15-21/h6-17,26,29H,5H2,1-4H3/t26-,29+/m1/s1. The molecule has 2 amide bonds. The summed E-state index contributed by atoms with van der Waals surface area (Å²) in [5, 5.41) is 10.9. The van der Waals surface area contributed by atoms with Gasteiger partial charge >= 0.3 is 5.97 Å². The molecule has 228 valence electrons. The highest BCUT2D eigenvalue weighted by atomic mass is 35.5. The molecular formula is C33H28ClN5O6. The summed E-state index contributed by atoms with van der Waals surface area (Å²) in [5.41, 5.74) is 2.28. The van der Waals surface area contributed by atoms with Gasteiger partial charge in [-0.3, -0.25) is 19.4 Å². The van der Waals surface area contributed by atoms with Crippen molar-refractivity contribution in [1.82, 2.24) is 9.78 Å². The van der Waals surface area contributed by atoms with Crippen LogP contribution in [0.15, 0.2) is 77.9 Å². The summed E-state index contributed by atoms with van der Waals surface area (Å²) >= 11 is 6.12. The second-order valence-electron chi connectivity index (χ2n) is 10.5. The molecule has 6 rings (SSSR count). The van der Waals surface area contributed by atoms with Gasteiger partial charge in [-0.05, 0) is 81.4 Å². The number of hydrogen-bond donors (Lipinski definition) is 0. The summed E-state index contributed by atoms with van der Waals surface area (Å²) in [6, 6.07) is 19.2. The number of anilines is 2. The average Bonchev–Trinajstić information content (AvgIpc) is 3.68. The number of hydrogen-bond acceptors (Lipinski definition) is 9. The van der Waals surface area contributed by atoms with Gasteiger partial charge in [0.15, 0.2) is 5.69 Å². The van der Waals surface area contributed by atoms with Gasteiger partial charge in [0, 0.05) is 5.02 Å². The number of nitrogens with zero attached hydrogens (tertiary/aromatic N) is 5. The monoisotopic (exact) mass is 625 g/mol. The van der Waals surface area contributed by atoms with E-state index in [9.17, 15) is 19.2 Å². The lowest BCUT2D eigenvalue weighted by Gasteiger charge is -2.22. The molecule has 1 aromatic heterocycles. The number of ketones is 1. The molecule has 11 nitrogen and oxygen atoms in total. The molecule has 3 aromatic carbocycles. The largest absolute Gasteiger partial charge is 0.497 e. The van der Waals surface area contributed by atoms with Crippen molar-refractivity contribution < 1.29 is 28.7 Å². The number of ether oxygens (including phenoxy) is 2. The molecule has 0 aliphatic carbocycles. The Kier molecular flexibility index (Phi) is 7.71. The van der Waals surface area contributed by atoms with Crippen molar-refractivity contribution in [3.63, 3.8) is 0 Å². The lowest BCUT2D eigenvalue weighted by molar-refractivity contribution is -0.121. The van der Waals surface area contributed by atoms with Crippen LogP contribution in [0.3, 0.4) is 0 Å². The quantitative estimate of drug-likeness (QED) is 0.153. The van der Waals surface area contributed by atoms with Crippen molar-refractivity contribution in [3.8, 4) is 11.4 Å². The fourth-order valence-electron chi connectivity index (χ4n) is 5.58. The van der Waals surface area contributed by atoms with Crippen LogP contribution in [-0.4, -0.2) is 58.8 Å². The number of aromatic nitrogens is 2. The molecule has 0 saturated carbocycles. The number of carbonyl (C=O) groups is 4. The second-order valence-corrected chi connectivity index (χ2v) is 11.0. The molecule has 0 bridgehead atoms. The molecule has 0 radical (unpaired) electrons. The molecule has 4 aromatic rings. The smallest absolute Gasteiger partial charge is 0.359 e. The molecule has 1 fully saturated rings. The molecule has 3 heterocycles. The minimum Gasteiger partial charge on any atom is -0.497 e. The van der Waals surface area contributed by atoms with E-state index in [0.29, 0.717) is 33.5 Å². The number of hydrazone groups is 1. The first-order chi connectivity index (χ1) is 21.6. The van der Waals surface area contributed by atoms with Gasteiger partial charge in [0.25, 0.3) is 5.91 Å². The summed E-state index contributed by atoms with van der Waals surface area (Å²) in [7, 11) is 1.51. The van der Waals surface area contributed by atoms with Gasteiger partial charge in [0.2, 0.25) is 11.7 Å². The third-order valence-corrected chi connectivity index (χ3v) is 8.05. The van der Waals surface area contributed by atoms with Crippen molar-refractivity contribution in [2.45, 2.75) is 26.8 Å². The van der Waals surface area contributed by atoms with E-state index < -0.39 is 35.5 Å². The Morgan fingerprint density at radius 1 is 0.867 bits per heavy atom. The van der Waals surface area contributed by atoms with Crippen molar-refractivity contribution in [2.24, 2.45) is 11.0 Å². The Morgan fingerprint density at radius 2 is 1.49 bits per heavy atom. The summed E-state index contributed by atoms with van der Waals surface area (Å²) in [6.45, 7) is 5.30. The average molecular weight is 626 g/mol. The van der Waals surface area contributed by atoms with Crippen LogP contribution in [0.1, 0.15) is 39.0 Å². The van der Waals surface area contributed by atoms with Gasteiger partial charge < -0.3 is 9.47 Å². The molecule has 45 heavy (non-hydrogen) atoms. The Hall–Kier alpha value is -5.29. The molecule has 2 aliphatic heterocycles. The second kappa shape index (κ2) is 11.7. The zero-order chi connectivity index (χ0) is 32.0. The van der Waals surface area contributed by atoms with E-state index in [1.807, 2.05) is 31.2 Å². The summed E-state index contributed by atoms with van der Waals surface area (Å²) in [4.78, 5) is 56.8. The summed E-state index contributed by atoms with van der Waals surface area (Å²) in [5.74, 6) is -3.41. The normalized spacial score (nSPS) is 17.4. The molecule has 0 unspecified atom stereocenters. The molecule has 2 atom stereocenters. The Labute approximate surface area is 263 Å². The maximum absolute atomic E-state index is 14.5. The minimum atomic E-state index is -1.26. The Bertz CT molecular complexity index is 1870. The van der Waals surface area contributed by atoms with Crippen LogP contribution in [-0.2, 0) is 14.3 Å². The molecule has 12 heteroatoms. The van der Waals surface area contributed by atoms with Crippen LogP contribution in [0.4, 0.5) is 11.4 Å². The van der Waals surface area contributed by atoms with Crippen LogP contribution < -0.4 is 14.6 Å². The Morgan fingerprint density at radius 3 is 2.11 bits per heavy atom. The number of aryl methyl sites for hydroxylation is 1. The van der Waals surface area contributed by atoms with Crippen molar-refractivity contribution in [1.29, 1.82) is 0 Å². The van der Waals surface area contributed by atoms with Gasteiger partial charge in [-0.25, -0.2) is 14.4 Å². The van der Waals surface area contributed by atoms with E-state index in [1.165, 1.54) is 16.8 Å². The van der Waals surface area contributed by atoms with Crippen molar-refractivity contribution in [2.75, 3.05) is 23.6 Å². The lowest BCUT2D eigenvalue weighted by atomic mass is 9.91. The zero-order valence-corrected chi connectivity index (χ0v) is 25.6. The Balaban J connectivity index is 1.49. The van der Waals surface area contributed by atoms with Gasteiger partial charge in [-0.15, -0.1) is 0 Å². The number of Topliss-reactive ketones (excluding diaryl/α,β-unsaturated/α-hetero) is 1.